The molecule has 1 atom stereocenters. The predicted molar refractivity (Wildman–Crippen MR) is 70.4 cm³/mol. The van der Waals surface area contributed by atoms with E-state index in [0.29, 0.717) is 0 Å². The molecule has 90 valence electrons. The van der Waals surface area contributed by atoms with Gasteiger partial charge in [0.1, 0.15) is 5.82 Å². The van der Waals surface area contributed by atoms with Crippen molar-refractivity contribution >= 4 is 11.8 Å². The second-order valence-electron chi connectivity index (χ2n) is 3.84. The van der Waals surface area contributed by atoms with Crippen LogP contribution in [0.4, 0.5) is 4.39 Å². The van der Waals surface area contributed by atoms with E-state index in [-0.39, 0.29) is 11.9 Å². The van der Waals surface area contributed by atoms with Gasteiger partial charge in [0.2, 0.25) is 0 Å². The van der Waals surface area contributed by atoms with Crippen molar-refractivity contribution < 1.29 is 4.39 Å². The summed E-state index contributed by atoms with van der Waals surface area (Å²) in [6.07, 6.45) is 4.25. The van der Waals surface area contributed by atoms with Gasteiger partial charge in [-0.3, -0.25) is 0 Å². The highest BCUT2D eigenvalue weighted by Gasteiger charge is 2.10. The minimum Gasteiger partial charge on any atom is -0.310 e. The lowest BCUT2D eigenvalue weighted by Crippen LogP contribution is -2.22. The summed E-state index contributed by atoms with van der Waals surface area (Å²) in [4.78, 5) is 0. The average molecular weight is 241 g/mol. The van der Waals surface area contributed by atoms with Gasteiger partial charge in [-0.15, -0.1) is 0 Å². The fraction of sp³-hybridized carbons (Fsp3) is 0.538. The molecule has 0 saturated heterocycles. The second kappa shape index (κ2) is 7.69. The van der Waals surface area contributed by atoms with Gasteiger partial charge in [-0.1, -0.05) is 19.1 Å². The molecule has 0 aromatic heterocycles. The lowest BCUT2D eigenvalue weighted by atomic mass is 10.0. The van der Waals surface area contributed by atoms with E-state index in [1.54, 1.807) is 12.1 Å². The molecule has 0 radical (unpaired) electrons. The molecule has 1 aromatic carbocycles. The Morgan fingerprint density at radius 3 is 2.88 bits per heavy atom. The Hall–Kier alpha value is -0.540. The molecule has 0 fully saturated rings. The van der Waals surface area contributed by atoms with E-state index in [0.717, 1.165) is 30.7 Å². The van der Waals surface area contributed by atoms with Gasteiger partial charge in [-0.2, -0.15) is 11.8 Å². The van der Waals surface area contributed by atoms with Crippen LogP contribution in [0.5, 0.6) is 0 Å². The summed E-state index contributed by atoms with van der Waals surface area (Å²) in [5.74, 6) is 0.947. The van der Waals surface area contributed by atoms with E-state index in [1.165, 1.54) is 6.07 Å². The van der Waals surface area contributed by atoms with Crippen molar-refractivity contribution in [2.75, 3.05) is 18.6 Å². The summed E-state index contributed by atoms with van der Waals surface area (Å²) >= 11 is 1.83. The van der Waals surface area contributed by atoms with Crippen LogP contribution in [-0.2, 0) is 0 Å². The van der Waals surface area contributed by atoms with Crippen molar-refractivity contribution in [3.63, 3.8) is 0 Å². The largest absolute Gasteiger partial charge is 0.310 e. The number of rotatable bonds is 7. The van der Waals surface area contributed by atoms with Crippen LogP contribution in [0.25, 0.3) is 0 Å². The topological polar surface area (TPSA) is 12.0 Å². The van der Waals surface area contributed by atoms with Gasteiger partial charge >= 0.3 is 0 Å². The SMILES string of the molecule is CCCNC(CCSC)c1cccc(F)c1. The Morgan fingerprint density at radius 1 is 1.44 bits per heavy atom. The molecular formula is C13H20FNS. The van der Waals surface area contributed by atoms with E-state index < -0.39 is 0 Å². The fourth-order valence-electron chi connectivity index (χ4n) is 1.66. The van der Waals surface area contributed by atoms with Crippen molar-refractivity contribution in [2.24, 2.45) is 0 Å². The number of benzene rings is 1. The molecule has 0 amide bonds. The summed E-state index contributed by atoms with van der Waals surface area (Å²) < 4.78 is 13.1. The third kappa shape index (κ3) is 4.54. The van der Waals surface area contributed by atoms with E-state index >= 15 is 0 Å². The normalized spacial score (nSPS) is 12.7. The molecule has 0 bridgehead atoms. The van der Waals surface area contributed by atoms with Gasteiger partial charge in [-0.25, -0.2) is 4.39 Å². The van der Waals surface area contributed by atoms with Gasteiger partial charge in [0.05, 0.1) is 0 Å². The van der Waals surface area contributed by atoms with Gasteiger partial charge in [-0.05, 0) is 49.1 Å². The first-order chi connectivity index (χ1) is 7.77. The highest BCUT2D eigenvalue weighted by molar-refractivity contribution is 7.98. The van der Waals surface area contributed by atoms with Gasteiger partial charge < -0.3 is 5.32 Å². The summed E-state index contributed by atoms with van der Waals surface area (Å²) in [5, 5.41) is 3.47. The molecular weight excluding hydrogens is 221 g/mol. The van der Waals surface area contributed by atoms with Crippen LogP contribution in [-0.4, -0.2) is 18.6 Å². The van der Waals surface area contributed by atoms with Crippen LogP contribution in [0.15, 0.2) is 24.3 Å². The molecule has 0 heterocycles. The highest BCUT2D eigenvalue weighted by Crippen LogP contribution is 2.19. The number of hydrogen-bond acceptors (Lipinski definition) is 2. The van der Waals surface area contributed by atoms with E-state index in [2.05, 4.69) is 18.5 Å². The van der Waals surface area contributed by atoms with Gasteiger partial charge in [0.25, 0.3) is 0 Å². The molecule has 0 aliphatic rings. The van der Waals surface area contributed by atoms with Crippen LogP contribution in [0, 0.1) is 5.82 Å². The number of hydrogen-bond donors (Lipinski definition) is 1. The standard InChI is InChI=1S/C13H20FNS/c1-3-8-15-13(7-9-16-2)11-5-4-6-12(14)10-11/h4-6,10,13,15H,3,7-9H2,1-2H3. The van der Waals surface area contributed by atoms with Crippen molar-refractivity contribution in [1.29, 1.82) is 0 Å². The quantitative estimate of drug-likeness (QED) is 0.782. The first-order valence-corrected chi connectivity index (χ1v) is 7.15. The van der Waals surface area contributed by atoms with Crippen molar-refractivity contribution in [2.45, 2.75) is 25.8 Å². The van der Waals surface area contributed by atoms with Crippen molar-refractivity contribution in [3.8, 4) is 0 Å². The molecule has 0 aliphatic carbocycles. The molecule has 0 saturated carbocycles. The molecule has 0 aliphatic heterocycles. The van der Waals surface area contributed by atoms with Crippen LogP contribution in [0.1, 0.15) is 31.4 Å². The predicted octanol–water partition coefficient (Wildman–Crippen LogP) is 3.62. The van der Waals surface area contributed by atoms with Crippen LogP contribution >= 0.6 is 11.8 Å². The lowest BCUT2D eigenvalue weighted by molar-refractivity contribution is 0.517. The van der Waals surface area contributed by atoms with Gasteiger partial charge in [0.15, 0.2) is 0 Å². The Bertz CT molecular complexity index is 296. The van der Waals surface area contributed by atoms with E-state index in [9.17, 15) is 4.39 Å². The Kier molecular flexibility index (Phi) is 6.50. The maximum Gasteiger partial charge on any atom is 0.123 e. The number of thioether (sulfide) groups is 1. The number of nitrogens with one attached hydrogen (secondary N) is 1. The van der Waals surface area contributed by atoms with Crippen LogP contribution in [0.2, 0.25) is 0 Å². The van der Waals surface area contributed by atoms with Crippen molar-refractivity contribution in [1.82, 2.24) is 5.32 Å². The van der Waals surface area contributed by atoms with E-state index in [1.807, 2.05) is 17.8 Å². The van der Waals surface area contributed by atoms with Crippen LogP contribution in [0.3, 0.4) is 0 Å². The third-order valence-electron chi connectivity index (χ3n) is 2.50. The first kappa shape index (κ1) is 13.5. The zero-order chi connectivity index (χ0) is 11.8. The Balaban J connectivity index is 2.66. The second-order valence-corrected chi connectivity index (χ2v) is 4.83. The summed E-state index contributed by atoms with van der Waals surface area (Å²) in [6, 6.07) is 7.19. The van der Waals surface area contributed by atoms with Crippen molar-refractivity contribution in [3.05, 3.63) is 35.6 Å². The molecule has 1 rings (SSSR count). The number of halogens is 1. The average Bonchev–Trinajstić information content (AvgIpc) is 2.29. The molecule has 16 heavy (non-hydrogen) atoms. The zero-order valence-corrected chi connectivity index (χ0v) is 10.8. The smallest absolute Gasteiger partial charge is 0.123 e. The minimum absolute atomic E-state index is 0.148. The Labute approximate surface area is 102 Å². The zero-order valence-electron chi connectivity index (χ0n) is 10.0. The maximum atomic E-state index is 13.1. The third-order valence-corrected chi connectivity index (χ3v) is 3.15. The van der Waals surface area contributed by atoms with E-state index in [4.69, 9.17) is 0 Å². The van der Waals surface area contributed by atoms with Gasteiger partial charge in [0, 0.05) is 6.04 Å². The Morgan fingerprint density at radius 2 is 2.25 bits per heavy atom. The molecule has 1 unspecified atom stereocenters. The molecule has 3 heteroatoms. The summed E-state index contributed by atoms with van der Waals surface area (Å²) in [7, 11) is 0. The summed E-state index contributed by atoms with van der Waals surface area (Å²) in [6.45, 7) is 3.12. The first-order valence-electron chi connectivity index (χ1n) is 5.75. The highest BCUT2D eigenvalue weighted by atomic mass is 32.2. The summed E-state index contributed by atoms with van der Waals surface area (Å²) in [5.41, 5.74) is 1.06. The molecule has 0 spiro atoms. The molecule has 1 nitrogen and oxygen atoms in total. The fourth-order valence-corrected chi connectivity index (χ4v) is 2.14. The molecule has 1 N–H and O–H groups in total. The maximum absolute atomic E-state index is 13.1. The molecule has 1 aromatic rings. The van der Waals surface area contributed by atoms with Crippen LogP contribution < -0.4 is 5.32 Å². The minimum atomic E-state index is -0.148. The lowest BCUT2D eigenvalue weighted by Gasteiger charge is -2.18. The monoisotopic (exact) mass is 241 g/mol.